The molecule has 0 aliphatic carbocycles. The Labute approximate surface area is 76.9 Å². The van der Waals surface area contributed by atoms with Gasteiger partial charge < -0.3 is 9.47 Å². The number of rotatable bonds is 0. The number of para-hydroxylation sites is 1. The van der Waals surface area contributed by atoms with Gasteiger partial charge in [0.15, 0.2) is 0 Å². The number of fused-ring (bicyclic) bond motifs is 3. The molecule has 2 heterocycles. The lowest BCUT2D eigenvalue weighted by Gasteiger charge is -2.26. The molecule has 1 unspecified atom stereocenters. The molecule has 1 aromatic rings. The molecule has 0 saturated carbocycles. The number of ether oxygens (including phenoxy) is 2. The maximum atomic E-state index is 5.67. The molecule has 68 valence electrons. The van der Waals surface area contributed by atoms with Crippen molar-refractivity contribution in [1.29, 1.82) is 0 Å². The van der Waals surface area contributed by atoms with Gasteiger partial charge in [-0.1, -0.05) is 12.1 Å². The van der Waals surface area contributed by atoms with E-state index in [0.717, 1.165) is 25.6 Å². The van der Waals surface area contributed by atoms with Crippen LogP contribution in [0.15, 0.2) is 24.3 Å². The van der Waals surface area contributed by atoms with Crippen LogP contribution in [0.25, 0.3) is 0 Å². The first-order valence-electron chi connectivity index (χ1n) is 4.63. The minimum absolute atomic E-state index is 0.213. The van der Waals surface area contributed by atoms with Gasteiger partial charge >= 0.3 is 0 Å². The van der Waals surface area contributed by atoms with Gasteiger partial charge in [-0.05, 0) is 12.1 Å². The van der Waals surface area contributed by atoms with E-state index in [1.54, 1.807) is 0 Å². The molecule has 0 aromatic heterocycles. The molecule has 13 heavy (non-hydrogen) atoms. The first-order chi connectivity index (χ1) is 6.45. The zero-order valence-electron chi connectivity index (χ0n) is 7.32. The summed E-state index contributed by atoms with van der Waals surface area (Å²) >= 11 is 0. The predicted octanol–water partition coefficient (Wildman–Crippen LogP) is -0.0498. The van der Waals surface area contributed by atoms with E-state index in [9.17, 15) is 0 Å². The molecule has 3 heteroatoms. The average Bonchev–Trinajstić information content (AvgIpc) is 2.65. The van der Waals surface area contributed by atoms with Crippen LogP contribution in [-0.4, -0.2) is 19.9 Å². The van der Waals surface area contributed by atoms with Crippen molar-refractivity contribution in [2.45, 2.75) is 6.23 Å². The Balaban J connectivity index is 2.06. The van der Waals surface area contributed by atoms with Crippen molar-refractivity contribution in [3.63, 3.8) is 0 Å². The van der Waals surface area contributed by atoms with E-state index in [0.29, 0.717) is 0 Å². The standard InChI is InChI=1S/C10H11NO2/c1-2-4-9-8(3-1)10-11(7-13-9)5-6-12-10/h1-4,10H,5-7H2/p+1/t10-/m0/s1. The summed E-state index contributed by atoms with van der Waals surface area (Å²) < 4.78 is 11.3. The summed E-state index contributed by atoms with van der Waals surface area (Å²) in [4.78, 5) is 1.39. The van der Waals surface area contributed by atoms with Crippen LogP contribution >= 0.6 is 0 Å². The molecule has 0 radical (unpaired) electrons. The molecular weight excluding hydrogens is 166 g/mol. The topological polar surface area (TPSA) is 22.9 Å². The van der Waals surface area contributed by atoms with Crippen LogP contribution in [-0.2, 0) is 4.74 Å². The molecule has 2 aliphatic rings. The van der Waals surface area contributed by atoms with Crippen molar-refractivity contribution in [3.8, 4) is 5.75 Å². The highest BCUT2D eigenvalue weighted by Crippen LogP contribution is 2.27. The molecule has 1 saturated heterocycles. The van der Waals surface area contributed by atoms with Gasteiger partial charge in [0.1, 0.15) is 18.9 Å². The van der Waals surface area contributed by atoms with Gasteiger partial charge in [-0.2, -0.15) is 0 Å². The summed E-state index contributed by atoms with van der Waals surface area (Å²) in [5.74, 6) is 0.984. The Morgan fingerprint density at radius 1 is 1.31 bits per heavy atom. The van der Waals surface area contributed by atoms with Crippen LogP contribution in [0, 0.1) is 0 Å². The van der Waals surface area contributed by atoms with Crippen LogP contribution in [0.5, 0.6) is 5.75 Å². The Morgan fingerprint density at radius 2 is 2.23 bits per heavy atom. The molecule has 1 aromatic carbocycles. The smallest absolute Gasteiger partial charge is 0.225 e. The van der Waals surface area contributed by atoms with E-state index in [2.05, 4.69) is 6.07 Å². The lowest BCUT2D eigenvalue weighted by molar-refractivity contribution is -0.949. The van der Waals surface area contributed by atoms with E-state index < -0.39 is 0 Å². The summed E-state index contributed by atoms with van der Waals surface area (Å²) in [6.07, 6.45) is 0.213. The molecule has 0 bridgehead atoms. The van der Waals surface area contributed by atoms with Gasteiger partial charge in [-0.25, -0.2) is 0 Å². The molecule has 2 atom stereocenters. The van der Waals surface area contributed by atoms with Gasteiger partial charge in [-0.15, -0.1) is 0 Å². The summed E-state index contributed by atoms with van der Waals surface area (Å²) in [6.45, 7) is 2.64. The zero-order valence-corrected chi connectivity index (χ0v) is 7.32. The van der Waals surface area contributed by atoms with Crippen LogP contribution in [0.4, 0.5) is 0 Å². The van der Waals surface area contributed by atoms with Gasteiger partial charge in [0.25, 0.3) is 0 Å². The minimum atomic E-state index is 0.213. The highest BCUT2D eigenvalue weighted by molar-refractivity contribution is 5.34. The second-order valence-corrected chi connectivity index (χ2v) is 3.49. The van der Waals surface area contributed by atoms with Crippen LogP contribution in [0.2, 0.25) is 0 Å². The van der Waals surface area contributed by atoms with Crippen LogP contribution in [0.1, 0.15) is 11.8 Å². The SMILES string of the molecule is c1ccc2c(c1)OC[NH+]1CCO[C@@H]21. The van der Waals surface area contributed by atoms with Crippen LogP contribution in [0.3, 0.4) is 0 Å². The van der Waals surface area contributed by atoms with E-state index in [4.69, 9.17) is 9.47 Å². The minimum Gasteiger partial charge on any atom is -0.445 e. The quantitative estimate of drug-likeness (QED) is 0.602. The number of benzene rings is 1. The highest BCUT2D eigenvalue weighted by Gasteiger charge is 2.36. The lowest BCUT2D eigenvalue weighted by atomic mass is 10.1. The van der Waals surface area contributed by atoms with Gasteiger partial charge in [0, 0.05) is 0 Å². The lowest BCUT2D eigenvalue weighted by Crippen LogP contribution is -3.12. The van der Waals surface area contributed by atoms with E-state index in [-0.39, 0.29) is 6.23 Å². The molecule has 3 nitrogen and oxygen atoms in total. The number of nitrogens with one attached hydrogen (secondary N) is 1. The fourth-order valence-corrected chi connectivity index (χ4v) is 2.01. The van der Waals surface area contributed by atoms with Gasteiger partial charge in [0.2, 0.25) is 13.0 Å². The largest absolute Gasteiger partial charge is 0.445 e. The van der Waals surface area contributed by atoms with Crippen LogP contribution < -0.4 is 9.64 Å². The maximum Gasteiger partial charge on any atom is 0.225 e. The summed E-state index contributed by atoms with van der Waals surface area (Å²) in [5.41, 5.74) is 1.20. The Morgan fingerprint density at radius 3 is 3.23 bits per heavy atom. The Kier molecular flexibility index (Phi) is 1.54. The van der Waals surface area contributed by atoms with Gasteiger partial charge in [0.05, 0.1) is 5.56 Å². The first kappa shape index (κ1) is 7.35. The average molecular weight is 178 g/mol. The van der Waals surface area contributed by atoms with Gasteiger partial charge in [-0.3, -0.25) is 4.90 Å². The fraction of sp³-hybridized carbons (Fsp3) is 0.400. The molecule has 2 aliphatic heterocycles. The second-order valence-electron chi connectivity index (χ2n) is 3.49. The maximum absolute atomic E-state index is 5.67. The zero-order chi connectivity index (χ0) is 8.67. The monoisotopic (exact) mass is 178 g/mol. The molecule has 0 amide bonds. The third-order valence-electron chi connectivity index (χ3n) is 2.69. The summed E-state index contributed by atoms with van der Waals surface area (Å²) in [7, 11) is 0. The van der Waals surface area contributed by atoms with Crippen molar-refractivity contribution >= 4 is 0 Å². The Bertz CT molecular complexity index is 326. The third kappa shape index (κ3) is 1.04. The van der Waals surface area contributed by atoms with Crippen molar-refractivity contribution in [2.75, 3.05) is 19.9 Å². The van der Waals surface area contributed by atoms with Crippen molar-refractivity contribution in [3.05, 3.63) is 29.8 Å². The summed E-state index contributed by atoms with van der Waals surface area (Å²) in [6, 6.07) is 8.13. The molecular formula is C10H12NO2+. The van der Waals surface area contributed by atoms with E-state index in [1.165, 1.54) is 10.5 Å². The third-order valence-corrected chi connectivity index (χ3v) is 2.69. The fourth-order valence-electron chi connectivity index (χ4n) is 2.01. The number of hydrogen-bond acceptors (Lipinski definition) is 2. The van der Waals surface area contributed by atoms with E-state index >= 15 is 0 Å². The van der Waals surface area contributed by atoms with Crippen molar-refractivity contribution in [2.24, 2.45) is 0 Å². The van der Waals surface area contributed by atoms with Crippen molar-refractivity contribution in [1.82, 2.24) is 0 Å². The molecule has 3 rings (SSSR count). The molecule has 1 fully saturated rings. The molecule has 0 spiro atoms. The molecule has 1 N–H and O–H groups in total. The first-order valence-corrected chi connectivity index (χ1v) is 4.63. The number of quaternary nitrogens is 1. The Hall–Kier alpha value is -1.06. The van der Waals surface area contributed by atoms with E-state index in [1.807, 2.05) is 18.2 Å². The van der Waals surface area contributed by atoms with Crippen molar-refractivity contribution < 1.29 is 14.4 Å². The predicted molar refractivity (Wildman–Crippen MR) is 46.5 cm³/mol. The number of hydrogen-bond donors (Lipinski definition) is 1. The normalized spacial score (nSPS) is 30.5. The second kappa shape index (κ2) is 2.72. The highest BCUT2D eigenvalue weighted by atomic mass is 16.5. The summed E-state index contributed by atoms with van der Waals surface area (Å²) in [5, 5.41) is 0.